The van der Waals surface area contributed by atoms with E-state index in [0.29, 0.717) is 5.95 Å². The number of thiophene rings is 2. The van der Waals surface area contributed by atoms with Crippen LogP contribution in [0.25, 0.3) is 10.2 Å². The van der Waals surface area contributed by atoms with Crippen LogP contribution >= 0.6 is 22.7 Å². The molecule has 6 heteroatoms. The van der Waals surface area contributed by atoms with E-state index in [1.54, 1.807) is 22.7 Å². The topological polar surface area (TPSA) is 49.8 Å². The number of anilines is 2. The molecule has 0 atom stereocenters. The summed E-state index contributed by atoms with van der Waals surface area (Å²) < 4.78 is 0. The van der Waals surface area contributed by atoms with Gasteiger partial charge in [-0.25, -0.2) is 4.98 Å². The minimum absolute atomic E-state index is 0.713. The zero-order chi connectivity index (χ0) is 14.5. The summed E-state index contributed by atoms with van der Waals surface area (Å²) in [5.41, 5.74) is 0. The van der Waals surface area contributed by atoms with Gasteiger partial charge in [-0.3, -0.25) is 0 Å². The summed E-state index contributed by atoms with van der Waals surface area (Å²) in [5, 5.41) is 12.0. The van der Waals surface area contributed by atoms with Gasteiger partial charge in [0.15, 0.2) is 0 Å². The Labute approximate surface area is 132 Å². The summed E-state index contributed by atoms with van der Waals surface area (Å²) in [7, 11) is 0. The third kappa shape index (κ3) is 3.51. The van der Waals surface area contributed by atoms with Crippen LogP contribution in [0.3, 0.4) is 0 Å². The molecule has 3 aromatic rings. The lowest BCUT2D eigenvalue weighted by atomic mass is 10.3. The molecule has 0 aliphatic rings. The Balaban J connectivity index is 1.74. The number of aromatic nitrogens is 2. The number of nitrogens with one attached hydrogen (secondary N) is 2. The molecular formula is C15H18N4S2. The number of nitrogens with zero attached hydrogens (tertiary/aromatic N) is 2. The van der Waals surface area contributed by atoms with Crippen molar-refractivity contribution in [3.63, 3.8) is 0 Å². The first-order chi connectivity index (χ1) is 10.4. The molecule has 0 saturated carbocycles. The third-order valence-corrected chi connectivity index (χ3v) is 4.84. The molecule has 0 amide bonds. The summed E-state index contributed by atoms with van der Waals surface area (Å²) in [6, 6.07) is 6.34. The highest BCUT2D eigenvalue weighted by atomic mass is 32.1. The first kappa shape index (κ1) is 14.3. The Hall–Kier alpha value is -1.66. The smallest absolute Gasteiger partial charge is 0.226 e. The molecule has 0 fully saturated rings. The van der Waals surface area contributed by atoms with Crippen molar-refractivity contribution >= 4 is 44.7 Å². The van der Waals surface area contributed by atoms with Gasteiger partial charge in [0, 0.05) is 18.0 Å². The highest BCUT2D eigenvalue weighted by Gasteiger charge is 2.08. The molecule has 0 unspecified atom stereocenters. The molecule has 0 aliphatic heterocycles. The Kier molecular flexibility index (Phi) is 4.67. The lowest BCUT2D eigenvalue weighted by Gasteiger charge is -2.09. The lowest BCUT2D eigenvalue weighted by Crippen LogP contribution is -2.09. The van der Waals surface area contributed by atoms with Crippen LogP contribution in [0.2, 0.25) is 0 Å². The molecular weight excluding hydrogens is 300 g/mol. The molecule has 0 saturated heterocycles. The second kappa shape index (κ2) is 6.87. The van der Waals surface area contributed by atoms with E-state index in [1.807, 2.05) is 0 Å². The Morgan fingerprint density at radius 1 is 1.05 bits per heavy atom. The van der Waals surface area contributed by atoms with Crippen molar-refractivity contribution in [3.8, 4) is 0 Å². The van der Waals surface area contributed by atoms with Crippen LogP contribution < -0.4 is 10.6 Å². The number of hydrogen-bond acceptors (Lipinski definition) is 6. The highest BCUT2D eigenvalue weighted by Crippen LogP contribution is 2.26. The van der Waals surface area contributed by atoms with Gasteiger partial charge in [-0.1, -0.05) is 13.0 Å². The highest BCUT2D eigenvalue weighted by molar-refractivity contribution is 7.16. The van der Waals surface area contributed by atoms with Crippen molar-refractivity contribution in [1.82, 2.24) is 9.97 Å². The van der Waals surface area contributed by atoms with E-state index in [4.69, 9.17) is 0 Å². The zero-order valence-corrected chi connectivity index (χ0v) is 13.6. The molecule has 0 spiro atoms. The van der Waals surface area contributed by atoms with E-state index in [1.165, 1.54) is 4.88 Å². The van der Waals surface area contributed by atoms with Crippen LogP contribution in [-0.4, -0.2) is 23.1 Å². The molecule has 0 aromatic carbocycles. The van der Waals surface area contributed by atoms with Crippen molar-refractivity contribution in [1.29, 1.82) is 0 Å². The van der Waals surface area contributed by atoms with Crippen molar-refractivity contribution < 1.29 is 0 Å². The average Bonchev–Trinajstić information content (AvgIpc) is 3.15. The molecule has 3 aromatic heterocycles. The van der Waals surface area contributed by atoms with Gasteiger partial charge in [0.2, 0.25) is 5.95 Å². The molecule has 0 radical (unpaired) electrons. The van der Waals surface area contributed by atoms with Gasteiger partial charge >= 0.3 is 0 Å². The molecule has 3 rings (SSSR count). The van der Waals surface area contributed by atoms with Crippen LogP contribution in [0.5, 0.6) is 0 Å². The first-order valence-corrected chi connectivity index (χ1v) is 8.88. The lowest BCUT2D eigenvalue weighted by molar-refractivity contribution is 0.954. The van der Waals surface area contributed by atoms with Crippen LogP contribution in [0.1, 0.15) is 18.2 Å². The second-order valence-corrected chi connectivity index (χ2v) is 6.64. The number of fused-ring (bicyclic) bond motifs is 1. The normalized spacial score (nSPS) is 10.9. The molecule has 0 bridgehead atoms. The summed E-state index contributed by atoms with van der Waals surface area (Å²) in [6.45, 7) is 3.91. The summed E-state index contributed by atoms with van der Waals surface area (Å²) >= 11 is 3.45. The van der Waals surface area contributed by atoms with Crippen LogP contribution in [0.4, 0.5) is 11.8 Å². The minimum atomic E-state index is 0.713. The van der Waals surface area contributed by atoms with E-state index >= 15 is 0 Å². The van der Waals surface area contributed by atoms with Crippen molar-refractivity contribution in [3.05, 3.63) is 33.8 Å². The minimum Gasteiger partial charge on any atom is -0.369 e. The van der Waals surface area contributed by atoms with Crippen molar-refractivity contribution in [2.24, 2.45) is 0 Å². The van der Waals surface area contributed by atoms with E-state index in [-0.39, 0.29) is 0 Å². The predicted molar refractivity (Wildman–Crippen MR) is 92.7 cm³/mol. The maximum atomic E-state index is 4.61. The fourth-order valence-corrected chi connectivity index (χ4v) is 3.54. The fraction of sp³-hybridized carbons (Fsp3) is 0.333. The van der Waals surface area contributed by atoms with Crippen LogP contribution in [-0.2, 0) is 6.42 Å². The Morgan fingerprint density at radius 3 is 2.81 bits per heavy atom. The van der Waals surface area contributed by atoms with Crippen molar-refractivity contribution in [2.45, 2.75) is 19.8 Å². The summed E-state index contributed by atoms with van der Waals surface area (Å²) in [5.74, 6) is 1.64. The zero-order valence-electron chi connectivity index (χ0n) is 11.9. The standard InChI is InChI=1S/C15H18N4S2/c1-2-7-17-15-18-13(12-6-10-21-14(12)19-15)16-8-5-11-4-3-9-20-11/h3-4,6,9-10H,2,5,7-8H2,1H3,(H2,16,17,18,19). The third-order valence-electron chi connectivity index (χ3n) is 3.10. The summed E-state index contributed by atoms with van der Waals surface area (Å²) in [6.07, 6.45) is 2.08. The largest absolute Gasteiger partial charge is 0.369 e. The van der Waals surface area contributed by atoms with Gasteiger partial charge in [0.25, 0.3) is 0 Å². The number of hydrogen-bond donors (Lipinski definition) is 2. The van der Waals surface area contributed by atoms with E-state index < -0.39 is 0 Å². The van der Waals surface area contributed by atoms with Crippen LogP contribution in [0.15, 0.2) is 29.0 Å². The molecule has 2 N–H and O–H groups in total. The maximum absolute atomic E-state index is 4.61. The van der Waals surface area contributed by atoms with Gasteiger partial charge in [-0.05, 0) is 35.7 Å². The summed E-state index contributed by atoms with van der Waals surface area (Å²) in [4.78, 5) is 11.6. The van der Waals surface area contributed by atoms with Gasteiger partial charge in [-0.2, -0.15) is 4.98 Å². The van der Waals surface area contributed by atoms with E-state index in [9.17, 15) is 0 Å². The molecule has 110 valence electrons. The Bertz CT molecular complexity index is 691. The SMILES string of the molecule is CCCNc1nc(NCCc2cccs2)c2ccsc2n1. The quantitative estimate of drug-likeness (QED) is 0.684. The van der Waals surface area contributed by atoms with Gasteiger partial charge in [-0.15, -0.1) is 22.7 Å². The first-order valence-electron chi connectivity index (χ1n) is 7.12. The van der Waals surface area contributed by atoms with Gasteiger partial charge in [0.1, 0.15) is 10.6 Å². The molecule has 21 heavy (non-hydrogen) atoms. The number of rotatable bonds is 7. The Morgan fingerprint density at radius 2 is 2.00 bits per heavy atom. The molecule has 4 nitrogen and oxygen atoms in total. The predicted octanol–water partition coefficient (Wildman–Crippen LogP) is 4.23. The maximum Gasteiger partial charge on any atom is 0.226 e. The monoisotopic (exact) mass is 318 g/mol. The van der Waals surface area contributed by atoms with E-state index in [2.05, 4.69) is 56.5 Å². The van der Waals surface area contributed by atoms with Gasteiger partial charge < -0.3 is 10.6 Å². The average molecular weight is 318 g/mol. The molecule has 3 heterocycles. The fourth-order valence-electron chi connectivity index (χ4n) is 2.06. The molecule has 0 aliphatic carbocycles. The second-order valence-electron chi connectivity index (χ2n) is 4.72. The van der Waals surface area contributed by atoms with Gasteiger partial charge in [0.05, 0.1) is 5.39 Å². The van der Waals surface area contributed by atoms with Crippen molar-refractivity contribution in [2.75, 3.05) is 23.7 Å². The van der Waals surface area contributed by atoms with Crippen LogP contribution in [0, 0.1) is 0 Å². The van der Waals surface area contributed by atoms with E-state index in [0.717, 1.165) is 42.0 Å².